The van der Waals surface area contributed by atoms with Crippen molar-refractivity contribution in [3.63, 3.8) is 0 Å². The van der Waals surface area contributed by atoms with Crippen molar-refractivity contribution in [1.29, 1.82) is 0 Å². The Morgan fingerprint density at radius 1 is 1.03 bits per heavy atom. The van der Waals surface area contributed by atoms with E-state index in [0.717, 1.165) is 5.56 Å². The summed E-state index contributed by atoms with van der Waals surface area (Å²) in [6.45, 7) is 10.4. The zero-order valence-electron chi connectivity index (χ0n) is 22.2. The first kappa shape index (κ1) is 29.6. The van der Waals surface area contributed by atoms with E-state index in [1.165, 1.54) is 4.90 Å². The number of rotatable bonds is 9. The molecule has 1 aliphatic heterocycles. The number of nitrogens with one attached hydrogen (secondary N) is 2. The van der Waals surface area contributed by atoms with Crippen LogP contribution in [0.1, 0.15) is 59.9 Å². The van der Waals surface area contributed by atoms with E-state index >= 15 is 0 Å². The van der Waals surface area contributed by atoms with Crippen LogP contribution in [0.15, 0.2) is 30.3 Å². The van der Waals surface area contributed by atoms with Crippen LogP contribution in [0.3, 0.4) is 0 Å². The maximum absolute atomic E-state index is 13.3. The van der Waals surface area contributed by atoms with Gasteiger partial charge in [-0.05, 0) is 38.2 Å². The summed E-state index contributed by atoms with van der Waals surface area (Å²) in [7, 11) is 0. The van der Waals surface area contributed by atoms with Crippen molar-refractivity contribution in [3.8, 4) is 0 Å². The Morgan fingerprint density at radius 3 is 2.14 bits per heavy atom. The van der Waals surface area contributed by atoms with Gasteiger partial charge in [0.15, 0.2) is 0 Å². The number of hydrogen-bond donors (Lipinski definition) is 3. The molecular weight excluding hydrogens is 482 g/mol. The van der Waals surface area contributed by atoms with Crippen LogP contribution in [0.4, 0.5) is 4.79 Å². The van der Waals surface area contributed by atoms with Gasteiger partial charge in [0.05, 0.1) is 6.42 Å². The number of benzene rings is 1. The van der Waals surface area contributed by atoms with Crippen molar-refractivity contribution in [3.05, 3.63) is 35.9 Å². The summed E-state index contributed by atoms with van der Waals surface area (Å²) in [6.07, 6.45) is -1.11. The van der Waals surface area contributed by atoms with E-state index in [1.54, 1.807) is 65.8 Å². The predicted molar refractivity (Wildman–Crippen MR) is 133 cm³/mol. The first-order chi connectivity index (χ1) is 17.1. The molecule has 1 heterocycles. The molecule has 3 amide bonds. The Kier molecular flexibility index (Phi) is 9.66. The Labute approximate surface area is 216 Å². The molecule has 37 heavy (non-hydrogen) atoms. The van der Waals surface area contributed by atoms with E-state index in [0.29, 0.717) is 6.42 Å². The third kappa shape index (κ3) is 9.07. The SMILES string of the molecule is CC(C)(C)OC(=O)C[C@H](NC(=O)OCc1ccccc1)C(=O)N[C@@H](C(=O)N1CC[C@@H]1C(=O)O)C(C)(C)C. The summed E-state index contributed by atoms with van der Waals surface area (Å²) in [5, 5.41) is 14.3. The van der Waals surface area contributed by atoms with Gasteiger partial charge in [-0.3, -0.25) is 14.4 Å². The number of carboxylic acids is 1. The molecule has 1 saturated heterocycles. The van der Waals surface area contributed by atoms with E-state index in [2.05, 4.69) is 10.6 Å². The summed E-state index contributed by atoms with van der Waals surface area (Å²) in [6, 6.07) is 5.44. The van der Waals surface area contributed by atoms with Gasteiger partial charge in [-0.15, -0.1) is 0 Å². The van der Waals surface area contributed by atoms with E-state index in [4.69, 9.17) is 9.47 Å². The summed E-state index contributed by atoms with van der Waals surface area (Å²) in [5.41, 5.74) is -0.888. The van der Waals surface area contributed by atoms with E-state index in [9.17, 15) is 29.1 Å². The number of amides is 3. The second-order valence-electron chi connectivity index (χ2n) is 11.0. The van der Waals surface area contributed by atoms with Crippen molar-refractivity contribution in [2.24, 2.45) is 5.41 Å². The lowest BCUT2D eigenvalue weighted by atomic mass is 9.84. The molecule has 1 aromatic rings. The standard InChI is InChI=1S/C26H37N3O8/c1-25(2,3)20(22(32)29-13-12-18(29)23(33)34)28-21(31)17(14-19(30)37-26(4,5)6)27-24(35)36-15-16-10-8-7-9-11-16/h7-11,17-18,20H,12-15H2,1-6H3,(H,27,35)(H,28,31)(H,33,34)/t17-,18+,20-/m0/s1. The smallest absolute Gasteiger partial charge is 0.408 e. The van der Waals surface area contributed by atoms with E-state index in [1.807, 2.05) is 6.07 Å². The normalized spacial score (nSPS) is 17.0. The molecule has 1 aromatic carbocycles. The fourth-order valence-corrected chi connectivity index (χ4v) is 3.63. The van der Waals surface area contributed by atoms with Gasteiger partial charge >= 0.3 is 18.0 Å². The Bertz CT molecular complexity index is 997. The lowest BCUT2D eigenvalue weighted by molar-refractivity contribution is -0.160. The predicted octanol–water partition coefficient (Wildman–Crippen LogP) is 2.23. The van der Waals surface area contributed by atoms with Gasteiger partial charge in [-0.25, -0.2) is 9.59 Å². The van der Waals surface area contributed by atoms with Crippen molar-refractivity contribution in [2.75, 3.05) is 6.54 Å². The highest BCUT2D eigenvalue weighted by molar-refractivity contribution is 5.95. The molecule has 2 rings (SSSR count). The topological polar surface area (TPSA) is 151 Å². The number of alkyl carbamates (subject to hydrolysis) is 1. The fraction of sp³-hybridized carbons (Fsp3) is 0.577. The molecule has 1 aliphatic rings. The highest BCUT2D eigenvalue weighted by Crippen LogP contribution is 2.26. The van der Waals surface area contributed by atoms with Gasteiger partial charge in [-0.2, -0.15) is 0 Å². The van der Waals surface area contributed by atoms with Gasteiger partial charge in [0.2, 0.25) is 11.8 Å². The lowest BCUT2D eigenvalue weighted by Gasteiger charge is -2.43. The van der Waals surface area contributed by atoms with Crippen molar-refractivity contribution in [2.45, 2.75) is 84.7 Å². The van der Waals surface area contributed by atoms with Crippen LogP contribution in [-0.4, -0.2) is 70.1 Å². The largest absolute Gasteiger partial charge is 0.480 e. The summed E-state index contributed by atoms with van der Waals surface area (Å²) in [5.74, 6) is -3.21. The molecule has 0 spiro atoms. The molecule has 3 atom stereocenters. The Hall–Kier alpha value is -3.63. The minimum Gasteiger partial charge on any atom is -0.480 e. The van der Waals surface area contributed by atoms with Crippen LogP contribution < -0.4 is 10.6 Å². The van der Waals surface area contributed by atoms with Crippen LogP contribution in [0.25, 0.3) is 0 Å². The molecule has 0 unspecified atom stereocenters. The average molecular weight is 520 g/mol. The Balaban J connectivity index is 2.17. The summed E-state index contributed by atoms with van der Waals surface area (Å²) >= 11 is 0. The first-order valence-electron chi connectivity index (χ1n) is 12.1. The van der Waals surface area contributed by atoms with Crippen molar-refractivity contribution < 1.29 is 38.6 Å². The molecule has 0 saturated carbocycles. The van der Waals surface area contributed by atoms with Crippen LogP contribution in [0, 0.1) is 5.41 Å². The number of carbonyl (C=O) groups is 5. The number of carbonyl (C=O) groups excluding carboxylic acids is 4. The number of likely N-dealkylation sites (tertiary alicyclic amines) is 1. The molecule has 0 aliphatic carbocycles. The summed E-state index contributed by atoms with van der Waals surface area (Å²) in [4.78, 5) is 64.1. The molecule has 0 bridgehead atoms. The van der Waals surface area contributed by atoms with Gasteiger partial charge in [0.25, 0.3) is 0 Å². The van der Waals surface area contributed by atoms with Crippen molar-refractivity contribution in [1.82, 2.24) is 15.5 Å². The number of ether oxygens (including phenoxy) is 2. The van der Waals surface area contributed by atoms with Gasteiger partial charge in [0, 0.05) is 6.54 Å². The number of aliphatic carboxylic acids is 1. The third-order valence-electron chi connectivity index (χ3n) is 5.60. The van der Waals surface area contributed by atoms with Gasteiger partial charge in [-0.1, -0.05) is 51.1 Å². The van der Waals surface area contributed by atoms with Gasteiger partial charge < -0.3 is 30.1 Å². The van der Waals surface area contributed by atoms with Crippen LogP contribution in [-0.2, 0) is 35.3 Å². The number of hydrogen-bond acceptors (Lipinski definition) is 7. The summed E-state index contributed by atoms with van der Waals surface area (Å²) < 4.78 is 10.5. The minimum absolute atomic E-state index is 0.0535. The molecule has 3 N–H and O–H groups in total. The molecule has 11 heteroatoms. The molecule has 11 nitrogen and oxygen atoms in total. The van der Waals surface area contributed by atoms with Gasteiger partial charge in [0.1, 0.15) is 30.3 Å². The van der Waals surface area contributed by atoms with Crippen LogP contribution in [0.2, 0.25) is 0 Å². The maximum Gasteiger partial charge on any atom is 0.408 e. The molecule has 1 fully saturated rings. The highest BCUT2D eigenvalue weighted by atomic mass is 16.6. The third-order valence-corrected chi connectivity index (χ3v) is 5.60. The zero-order valence-corrected chi connectivity index (χ0v) is 22.2. The molecule has 204 valence electrons. The van der Waals surface area contributed by atoms with E-state index < -0.39 is 65.4 Å². The maximum atomic E-state index is 13.3. The molecule has 0 radical (unpaired) electrons. The molecule has 0 aromatic heterocycles. The monoisotopic (exact) mass is 519 g/mol. The first-order valence-corrected chi connectivity index (χ1v) is 12.1. The average Bonchev–Trinajstić information content (AvgIpc) is 2.72. The van der Waals surface area contributed by atoms with Crippen LogP contribution >= 0.6 is 0 Å². The molecular formula is C26H37N3O8. The second kappa shape index (κ2) is 12.1. The van der Waals surface area contributed by atoms with E-state index in [-0.39, 0.29) is 13.2 Å². The number of esters is 1. The number of nitrogens with zero attached hydrogens (tertiary/aromatic N) is 1. The van der Waals surface area contributed by atoms with Crippen LogP contribution in [0.5, 0.6) is 0 Å². The fourth-order valence-electron chi connectivity index (χ4n) is 3.63. The minimum atomic E-state index is -1.40. The Morgan fingerprint density at radius 2 is 1.65 bits per heavy atom. The van der Waals surface area contributed by atoms with Crippen molar-refractivity contribution >= 4 is 29.8 Å². The lowest BCUT2D eigenvalue weighted by Crippen LogP contribution is -2.64. The zero-order chi connectivity index (χ0) is 28.0. The quantitative estimate of drug-likeness (QED) is 0.420. The second-order valence-corrected chi connectivity index (χ2v) is 11.0. The number of carboxylic acid groups (broad SMARTS) is 1. The highest BCUT2D eigenvalue weighted by Gasteiger charge is 2.44.